The maximum absolute atomic E-state index is 10.9. The van der Waals surface area contributed by atoms with Gasteiger partial charge in [0.15, 0.2) is 12.0 Å². The Hall–Kier alpha value is 0.1000. The molecule has 4 rings (SSSR count). The van der Waals surface area contributed by atoms with E-state index in [4.69, 9.17) is 9.29 Å². The van der Waals surface area contributed by atoms with Crippen LogP contribution >= 0.6 is 0 Å². The van der Waals surface area contributed by atoms with Crippen LogP contribution in [-0.4, -0.2) is 52.8 Å². The molecule has 8 nitrogen and oxygen atoms in total. The summed E-state index contributed by atoms with van der Waals surface area (Å²) in [7, 11) is -4.31. The van der Waals surface area contributed by atoms with Crippen LogP contribution in [0.4, 0.5) is 4.79 Å². The molecule has 0 saturated carbocycles. The fraction of sp³-hybridized carbons (Fsp3) is 0.833. The van der Waals surface area contributed by atoms with Gasteiger partial charge in [-0.05, 0) is 0 Å². The van der Waals surface area contributed by atoms with E-state index in [2.05, 4.69) is 0 Å². The van der Waals surface area contributed by atoms with E-state index >= 15 is 0 Å². The predicted octanol–water partition coefficient (Wildman–Crippen LogP) is -5.42. The van der Waals surface area contributed by atoms with Gasteiger partial charge >= 0.3 is 39.9 Å². The number of amides is 1. The normalized spacial score (nSPS) is 40.4. The molecule has 4 fully saturated rings. The molecule has 1 amide bonds. The van der Waals surface area contributed by atoms with Gasteiger partial charge in [-0.25, -0.2) is 0 Å². The monoisotopic (exact) mass is 258 g/mol. The zero-order valence-corrected chi connectivity index (χ0v) is 11.2. The second kappa shape index (κ2) is 3.31. The van der Waals surface area contributed by atoms with Crippen molar-refractivity contribution in [3.05, 3.63) is 0 Å². The first-order valence-corrected chi connectivity index (χ1v) is 5.70. The molecule has 1 N–H and O–H groups in total. The summed E-state index contributed by atoms with van der Waals surface area (Å²) in [4.78, 5) is 11.7. The Morgan fingerprint density at radius 3 is 2.62 bits per heavy atom. The molecule has 0 aromatic rings. The fourth-order valence-electron chi connectivity index (χ4n) is 2.60. The summed E-state index contributed by atoms with van der Waals surface area (Å²) in [5.74, 6) is 0. The number of carbonyl (C=O) groups excluding carboxylic acids is 1. The van der Waals surface area contributed by atoms with Gasteiger partial charge in [0, 0.05) is 13.0 Å². The fourth-order valence-corrected chi connectivity index (χ4v) is 3.66. The van der Waals surface area contributed by atoms with Gasteiger partial charge in [0.05, 0.1) is 0 Å². The van der Waals surface area contributed by atoms with Crippen LogP contribution in [0.15, 0.2) is 0 Å². The van der Waals surface area contributed by atoms with Crippen molar-refractivity contribution in [2.45, 2.75) is 24.4 Å². The van der Waals surface area contributed by atoms with Crippen molar-refractivity contribution in [2.75, 3.05) is 6.54 Å². The summed E-state index contributed by atoms with van der Waals surface area (Å²) >= 11 is 0. The average molecular weight is 258 g/mol. The Labute approximate surface area is 113 Å². The molecular formula is C6H7N2NaO6S. The maximum atomic E-state index is 10.9. The molecule has 4 aliphatic rings. The second-order valence-electron chi connectivity index (χ2n) is 3.78. The minimum atomic E-state index is -4.31. The topological polar surface area (TPSA) is 110 Å². The largest absolute Gasteiger partial charge is 1.00 e. The van der Waals surface area contributed by atoms with Crippen molar-refractivity contribution in [1.82, 2.24) is 9.21 Å². The van der Waals surface area contributed by atoms with Gasteiger partial charge in [-0.3, -0.25) is 4.55 Å². The standard InChI is InChI=1S/C6H8N2O6S.Na/c9-5(10)7-2-1-6-3(7)4(14-6)8(6)15(11,12)13;/h3-4H,1-2H2,(H,9,10)(H,11,12,13);/q;+1/p-1/t3-,4?,6?;/m0./s1. The van der Waals surface area contributed by atoms with Crippen molar-refractivity contribution in [1.29, 1.82) is 0 Å². The van der Waals surface area contributed by atoms with Crippen LogP contribution in [0.2, 0.25) is 0 Å². The van der Waals surface area contributed by atoms with Gasteiger partial charge in [0.25, 0.3) is 0 Å². The zero-order valence-electron chi connectivity index (χ0n) is 8.36. The zero-order chi connectivity index (χ0) is 11.0. The number of nitrogens with zero attached hydrogens (tertiary/aromatic N) is 2. The van der Waals surface area contributed by atoms with Crippen molar-refractivity contribution >= 4 is 16.4 Å². The molecule has 0 aromatic heterocycles. The first-order valence-electron chi connectivity index (χ1n) is 4.30. The Balaban J connectivity index is 0.000000963. The van der Waals surface area contributed by atoms with Crippen LogP contribution in [0.1, 0.15) is 6.42 Å². The molecular weight excluding hydrogens is 251 g/mol. The first-order chi connectivity index (χ1) is 6.88. The number of ether oxygens (including phenoxy) is 1. The molecule has 10 heteroatoms. The Bertz CT molecular complexity index is 454. The summed E-state index contributed by atoms with van der Waals surface area (Å²) in [5, 5.41) is 10.6. The Kier molecular flexibility index (Phi) is 2.60. The van der Waals surface area contributed by atoms with Gasteiger partial charge in [0.1, 0.15) is 12.1 Å². The third kappa shape index (κ3) is 1.19. The molecule has 2 unspecified atom stereocenters. The number of likely N-dealkylation sites (tertiary alicyclic amines) is 1. The smallest absolute Gasteiger partial charge is 0.530 e. The summed E-state index contributed by atoms with van der Waals surface area (Å²) in [5.41, 5.74) is -1.17. The van der Waals surface area contributed by atoms with Crippen molar-refractivity contribution < 1.29 is 57.2 Å². The minimum absolute atomic E-state index is 0. The van der Waals surface area contributed by atoms with Crippen LogP contribution in [-0.2, 0) is 15.0 Å². The molecule has 0 radical (unpaired) electrons. The molecule has 4 saturated heterocycles. The summed E-state index contributed by atoms with van der Waals surface area (Å²) in [6.07, 6.45) is -2.01. The quantitative estimate of drug-likeness (QED) is 0.371. The summed E-state index contributed by atoms with van der Waals surface area (Å²) in [6, 6.07) is -0.524. The molecule has 0 aromatic carbocycles. The van der Waals surface area contributed by atoms with Crippen LogP contribution in [0.25, 0.3) is 0 Å². The van der Waals surface area contributed by atoms with E-state index < -0.39 is 34.4 Å². The van der Waals surface area contributed by atoms with E-state index in [1.54, 1.807) is 0 Å². The van der Waals surface area contributed by atoms with Crippen molar-refractivity contribution in [3.63, 3.8) is 0 Å². The number of hydrogen-bond acceptors (Lipinski definition) is 5. The Morgan fingerprint density at radius 2 is 2.19 bits per heavy atom. The van der Waals surface area contributed by atoms with Gasteiger partial charge in [-0.2, -0.15) is 8.42 Å². The molecule has 4 heterocycles. The van der Waals surface area contributed by atoms with Crippen molar-refractivity contribution in [2.24, 2.45) is 0 Å². The van der Waals surface area contributed by atoms with Gasteiger partial charge in [0.2, 0.25) is 0 Å². The van der Waals surface area contributed by atoms with Crippen LogP contribution < -0.4 is 34.7 Å². The molecule has 16 heavy (non-hydrogen) atoms. The molecule has 2 bridgehead atoms. The third-order valence-electron chi connectivity index (χ3n) is 3.19. The van der Waals surface area contributed by atoms with Crippen molar-refractivity contribution in [3.8, 4) is 0 Å². The van der Waals surface area contributed by atoms with Crippen LogP contribution in [0.5, 0.6) is 0 Å². The van der Waals surface area contributed by atoms with Gasteiger partial charge in [-0.1, -0.05) is 0 Å². The Morgan fingerprint density at radius 1 is 1.56 bits per heavy atom. The number of rotatable bonds is 1. The summed E-state index contributed by atoms with van der Waals surface area (Å²) < 4.78 is 36.5. The molecule has 0 aliphatic carbocycles. The number of carboxylic acid groups (broad SMARTS) is 1. The number of hydrogen-bond donors (Lipinski definition) is 1. The van der Waals surface area contributed by atoms with E-state index in [0.717, 1.165) is 9.21 Å². The average Bonchev–Trinajstić information content (AvgIpc) is 2.16. The van der Waals surface area contributed by atoms with Crippen LogP contribution in [0, 0.1) is 0 Å². The van der Waals surface area contributed by atoms with E-state index in [1.807, 2.05) is 0 Å². The maximum Gasteiger partial charge on any atom is 1.00 e. The minimum Gasteiger partial charge on any atom is -0.530 e. The van der Waals surface area contributed by atoms with Gasteiger partial charge < -0.3 is 19.5 Å². The summed E-state index contributed by atoms with van der Waals surface area (Å²) in [6.45, 7) is 0.162. The molecule has 84 valence electrons. The molecule has 4 aliphatic heterocycles. The van der Waals surface area contributed by atoms with E-state index in [1.165, 1.54) is 0 Å². The number of carbonyl (C=O) groups is 1. The molecule has 3 atom stereocenters. The first kappa shape index (κ1) is 12.6. The van der Waals surface area contributed by atoms with E-state index in [-0.39, 0.29) is 42.5 Å². The predicted molar refractivity (Wildman–Crippen MR) is 41.5 cm³/mol. The van der Waals surface area contributed by atoms with Gasteiger partial charge in [-0.15, -0.1) is 4.31 Å². The SMILES string of the molecule is O=C([O-])N1CCC23OC([C@H]12)N3S(=O)(=O)O.[Na+]. The van der Waals surface area contributed by atoms with E-state index in [9.17, 15) is 18.3 Å². The molecule has 1 spiro atoms. The third-order valence-corrected chi connectivity index (χ3v) is 4.20. The van der Waals surface area contributed by atoms with E-state index in [0.29, 0.717) is 0 Å². The van der Waals surface area contributed by atoms with Crippen LogP contribution in [0.3, 0.4) is 0 Å². The second-order valence-corrected chi connectivity index (χ2v) is 5.07.